The van der Waals surface area contributed by atoms with E-state index in [1.165, 1.54) is 20.9 Å². The Balaban J connectivity index is 3.10. The maximum Gasteiger partial charge on any atom is 0.245 e. The van der Waals surface area contributed by atoms with Crippen molar-refractivity contribution in [1.82, 2.24) is 4.31 Å². The molecule has 4 nitrogen and oxygen atoms in total. The maximum atomic E-state index is 13.6. The Hall–Kier alpha value is -1.05. The lowest BCUT2D eigenvalue weighted by atomic mass is 10.2. The number of benzene rings is 1. The number of aliphatic hydroxyl groups is 1. The third-order valence-electron chi connectivity index (χ3n) is 2.76. The van der Waals surface area contributed by atoms with Crippen LogP contribution in [0.25, 0.3) is 0 Å². The number of hydrogen-bond acceptors (Lipinski definition) is 3. The van der Waals surface area contributed by atoms with Gasteiger partial charge >= 0.3 is 0 Å². The van der Waals surface area contributed by atoms with Crippen molar-refractivity contribution in [1.29, 1.82) is 0 Å². The van der Waals surface area contributed by atoms with Crippen LogP contribution in [-0.2, 0) is 10.0 Å². The molecule has 0 fully saturated rings. The van der Waals surface area contributed by atoms with E-state index in [-0.39, 0.29) is 18.5 Å². The highest BCUT2D eigenvalue weighted by molar-refractivity contribution is 7.89. The molecule has 0 aromatic heterocycles. The molecule has 1 unspecified atom stereocenters. The Bertz CT molecular complexity index is 558. The van der Waals surface area contributed by atoms with Gasteiger partial charge in [-0.05, 0) is 31.9 Å². The molecule has 1 aromatic carbocycles. The molecular formula is C12H17F2NO3S. The number of halogens is 2. The van der Waals surface area contributed by atoms with Crippen LogP contribution in [0.1, 0.15) is 18.9 Å². The lowest BCUT2D eigenvalue weighted by molar-refractivity contribution is 0.177. The van der Waals surface area contributed by atoms with E-state index in [1.54, 1.807) is 0 Å². The predicted molar refractivity (Wildman–Crippen MR) is 67.2 cm³/mol. The lowest BCUT2D eigenvalue weighted by Gasteiger charge is -2.18. The van der Waals surface area contributed by atoms with Gasteiger partial charge in [0, 0.05) is 19.7 Å². The fourth-order valence-corrected chi connectivity index (χ4v) is 2.80. The highest BCUT2D eigenvalue weighted by Gasteiger charge is 2.25. The molecule has 0 spiro atoms. The second kappa shape index (κ2) is 5.94. The summed E-state index contributed by atoms with van der Waals surface area (Å²) in [5, 5.41) is 9.13. The minimum Gasteiger partial charge on any atom is -0.393 e. The van der Waals surface area contributed by atoms with Crippen molar-refractivity contribution in [2.45, 2.75) is 31.3 Å². The molecule has 7 heteroatoms. The molecule has 1 rings (SSSR count). The van der Waals surface area contributed by atoms with Crippen molar-refractivity contribution in [2.75, 3.05) is 13.6 Å². The summed E-state index contributed by atoms with van der Waals surface area (Å²) in [4.78, 5) is -0.556. The summed E-state index contributed by atoms with van der Waals surface area (Å²) < 4.78 is 51.9. The molecule has 1 N–H and O–H groups in total. The summed E-state index contributed by atoms with van der Waals surface area (Å²) in [5.41, 5.74) is 0.0592. The molecule has 108 valence electrons. The van der Waals surface area contributed by atoms with E-state index in [1.807, 2.05) is 0 Å². The molecule has 1 atom stereocenters. The Morgan fingerprint density at radius 1 is 1.32 bits per heavy atom. The summed E-state index contributed by atoms with van der Waals surface area (Å²) in [5.74, 6) is -1.91. The van der Waals surface area contributed by atoms with Gasteiger partial charge in [0.05, 0.1) is 6.10 Å². The van der Waals surface area contributed by atoms with Crippen molar-refractivity contribution in [3.8, 4) is 0 Å². The predicted octanol–water partition coefficient (Wildman–Crippen LogP) is 1.66. The van der Waals surface area contributed by atoms with Crippen molar-refractivity contribution in [2.24, 2.45) is 0 Å². The molecule has 0 aliphatic heterocycles. The van der Waals surface area contributed by atoms with E-state index >= 15 is 0 Å². The molecule has 1 aromatic rings. The fraction of sp³-hybridized carbons (Fsp3) is 0.500. The molecular weight excluding hydrogens is 276 g/mol. The monoisotopic (exact) mass is 293 g/mol. The van der Waals surface area contributed by atoms with E-state index in [4.69, 9.17) is 5.11 Å². The summed E-state index contributed by atoms with van der Waals surface area (Å²) in [7, 11) is -2.74. The Morgan fingerprint density at radius 3 is 2.42 bits per heavy atom. The first-order valence-electron chi connectivity index (χ1n) is 5.76. The number of rotatable bonds is 5. The standard InChI is InChI=1S/C12H17F2NO3S/c1-8-6-12(11(14)7-10(8)13)19(17,18)15(3)5-4-9(2)16/h6-7,9,16H,4-5H2,1-3H3. The first-order chi connectivity index (χ1) is 8.66. The normalized spacial score (nSPS) is 13.8. The lowest BCUT2D eigenvalue weighted by Crippen LogP contribution is -2.30. The van der Waals surface area contributed by atoms with Gasteiger partial charge < -0.3 is 5.11 Å². The molecule has 0 heterocycles. The van der Waals surface area contributed by atoms with Crippen LogP contribution in [0.5, 0.6) is 0 Å². The van der Waals surface area contributed by atoms with Gasteiger partial charge in [0.2, 0.25) is 10.0 Å². The average Bonchev–Trinajstić information content (AvgIpc) is 2.30. The van der Waals surface area contributed by atoms with Gasteiger partial charge in [-0.1, -0.05) is 0 Å². The van der Waals surface area contributed by atoms with Gasteiger partial charge in [-0.25, -0.2) is 21.5 Å². The average molecular weight is 293 g/mol. The van der Waals surface area contributed by atoms with Gasteiger partial charge in [0.15, 0.2) is 0 Å². The van der Waals surface area contributed by atoms with Gasteiger partial charge in [0.1, 0.15) is 16.5 Å². The zero-order valence-corrected chi connectivity index (χ0v) is 11.8. The van der Waals surface area contributed by atoms with Crippen LogP contribution >= 0.6 is 0 Å². The third-order valence-corrected chi connectivity index (χ3v) is 4.64. The van der Waals surface area contributed by atoms with Crippen LogP contribution in [0, 0.1) is 18.6 Å². The molecule has 0 aliphatic rings. The van der Waals surface area contributed by atoms with E-state index < -0.39 is 32.7 Å². The highest BCUT2D eigenvalue weighted by atomic mass is 32.2. The number of aryl methyl sites for hydroxylation is 1. The molecule has 0 saturated carbocycles. The van der Waals surface area contributed by atoms with Gasteiger partial charge in [0.25, 0.3) is 0 Å². The van der Waals surface area contributed by atoms with Crippen LogP contribution in [0.15, 0.2) is 17.0 Å². The smallest absolute Gasteiger partial charge is 0.245 e. The van der Waals surface area contributed by atoms with Crippen LogP contribution < -0.4 is 0 Å². The van der Waals surface area contributed by atoms with E-state index in [2.05, 4.69) is 0 Å². The molecule has 0 bridgehead atoms. The summed E-state index contributed by atoms with van der Waals surface area (Å²) in [6.07, 6.45) is -0.421. The summed E-state index contributed by atoms with van der Waals surface area (Å²) in [6, 6.07) is 1.53. The quantitative estimate of drug-likeness (QED) is 0.898. The van der Waals surface area contributed by atoms with Crippen molar-refractivity contribution in [3.63, 3.8) is 0 Å². The summed E-state index contributed by atoms with van der Waals surface area (Å²) >= 11 is 0. The van der Waals surface area contributed by atoms with Crippen LogP contribution in [0.2, 0.25) is 0 Å². The Kier molecular flexibility index (Phi) is 5.00. The second-order valence-corrected chi connectivity index (χ2v) is 6.51. The van der Waals surface area contributed by atoms with Crippen LogP contribution in [0.4, 0.5) is 8.78 Å². The largest absolute Gasteiger partial charge is 0.393 e. The van der Waals surface area contributed by atoms with Crippen molar-refractivity contribution in [3.05, 3.63) is 29.3 Å². The first-order valence-corrected chi connectivity index (χ1v) is 7.20. The maximum absolute atomic E-state index is 13.6. The van der Waals surface area contributed by atoms with Crippen molar-refractivity contribution >= 4 is 10.0 Å². The number of nitrogens with zero attached hydrogens (tertiary/aromatic N) is 1. The molecule has 0 radical (unpaired) electrons. The van der Waals surface area contributed by atoms with Gasteiger partial charge in [-0.3, -0.25) is 0 Å². The second-order valence-electron chi connectivity index (χ2n) is 4.50. The van der Waals surface area contributed by atoms with E-state index in [0.717, 1.165) is 10.4 Å². The Labute approximate surface area is 111 Å². The Morgan fingerprint density at radius 2 is 1.89 bits per heavy atom. The minimum atomic E-state index is -4.02. The summed E-state index contributed by atoms with van der Waals surface area (Å²) in [6.45, 7) is 2.95. The molecule has 0 aliphatic carbocycles. The molecule has 0 amide bonds. The molecule has 19 heavy (non-hydrogen) atoms. The van der Waals surface area contributed by atoms with E-state index in [0.29, 0.717) is 6.07 Å². The third kappa shape index (κ3) is 3.71. The topological polar surface area (TPSA) is 57.6 Å². The SMILES string of the molecule is Cc1cc(S(=O)(=O)N(C)CCC(C)O)c(F)cc1F. The van der Waals surface area contributed by atoms with Crippen LogP contribution in [-0.4, -0.2) is 37.5 Å². The molecule has 0 saturated heterocycles. The number of sulfonamides is 1. The zero-order chi connectivity index (χ0) is 14.8. The first kappa shape index (κ1) is 16.0. The number of hydrogen-bond donors (Lipinski definition) is 1. The van der Waals surface area contributed by atoms with Crippen LogP contribution in [0.3, 0.4) is 0 Å². The highest BCUT2D eigenvalue weighted by Crippen LogP contribution is 2.22. The van der Waals surface area contributed by atoms with E-state index in [9.17, 15) is 17.2 Å². The zero-order valence-electron chi connectivity index (χ0n) is 11.0. The van der Waals surface area contributed by atoms with Gasteiger partial charge in [-0.15, -0.1) is 0 Å². The van der Waals surface area contributed by atoms with Crippen molar-refractivity contribution < 1.29 is 22.3 Å². The van der Waals surface area contributed by atoms with Gasteiger partial charge in [-0.2, -0.15) is 0 Å². The number of aliphatic hydroxyl groups excluding tert-OH is 1. The minimum absolute atomic E-state index is 0.0515. The fourth-order valence-electron chi connectivity index (χ4n) is 1.49.